The Labute approximate surface area is 93.0 Å². The first kappa shape index (κ1) is 10.1. The topological polar surface area (TPSA) is 38.9 Å². The van der Waals surface area contributed by atoms with E-state index in [9.17, 15) is 0 Å². The van der Waals surface area contributed by atoms with Gasteiger partial charge in [-0.05, 0) is 46.3 Å². The molecule has 0 bridgehead atoms. The monoisotopic (exact) mass is 254 g/mol. The average Bonchev–Trinajstić information content (AvgIpc) is 2.93. The first-order chi connectivity index (χ1) is 6.68. The molecule has 1 atom stereocenters. The molecule has 0 aliphatic heterocycles. The molecule has 2 N–H and O–H groups in total. The molecule has 2 nitrogen and oxygen atoms in total. The summed E-state index contributed by atoms with van der Waals surface area (Å²) in [6.07, 6.45) is 7.54. The quantitative estimate of drug-likeness (QED) is 0.901. The van der Waals surface area contributed by atoms with Crippen LogP contribution in [0.3, 0.4) is 0 Å². The van der Waals surface area contributed by atoms with Crippen molar-refractivity contribution in [1.82, 2.24) is 4.98 Å². The fraction of sp³-hybridized carbons (Fsp3) is 0.545. The number of aromatic nitrogens is 1. The van der Waals surface area contributed by atoms with E-state index in [-0.39, 0.29) is 6.04 Å². The molecule has 2 rings (SSSR count). The van der Waals surface area contributed by atoms with Crippen LogP contribution in [0.5, 0.6) is 0 Å². The van der Waals surface area contributed by atoms with E-state index in [1.165, 1.54) is 24.0 Å². The van der Waals surface area contributed by atoms with Gasteiger partial charge in [0.1, 0.15) is 0 Å². The Morgan fingerprint density at radius 2 is 2.29 bits per heavy atom. The second kappa shape index (κ2) is 3.99. The number of nitrogens with two attached hydrogens (primary N) is 1. The molecule has 1 aliphatic carbocycles. The van der Waals surface area contributed by atoms with Crippen molar-refractivity contribution in [2.45, 2.75) is 32.2 Å². The summed E-state index contributed by atoms with van der Waals surface area (Å²) in [5, 5.41) is 0. The van der Waals surface area contributed by atoms with Crippen molar-refractivity contribution in [3.8, 4) is 0 Å². The number of nitrogens with zero attached hydrogens (tertiary/aromatic N) is 1. The van der Waals surface area contributed by atoms with Gasteiger partial charge in [0.05, 0.1) is 0 Å². The smallest absolute Gasteiger partial charge is 0.0413 e. The van der Waals surface area contributed by atoms with E-state index in [1.807, 2.05) is 12.4 Å². The van der Waals surface area contributed by atoms with Crippen LogP contribution in [-0.2, 0) is 0 Å². The van der Waals surface area contributed by atoms with Crippen LogP contribution in [0.2, 0.25) is 0 Å². The van der Waals surface area contributed by atoms with Crippen molar-refractivity contribution < 1.29 is 0 Å². The lowest BCUT2D eigenvalue weighted by Gasteiger charge is -2.14. The Hall–Kier alpha value is -0.410. The maximum absolute atomic E-state index is 6.14. The lowest BCUT2D eigenvalue weighted by Crippen LogP contribution is -2.13. The highest BCUT2D eigenvalue weighted by molar-refractivity contribution is 9.10. The molecular formula is C11H15BrN2. The first-order valence-electron chi connectivity index (χ1n) is 5.04. The summed E-state index contributed by atoms with van der Waals surface area (Å²) in [6, 6.07) is 0.160. The fourth-order valence-electron chi connectivity index (χ4n) is 1.73. The van der Waals surface area contributed by atoms with E-state index < -0.39 is 0 Å². The molecule has 0 saturated heterocycles. The van der Waals surface area contributed by atoms with Gasteiger partial charge in [0.2, 0.25) is 0 Å². The molecule has 1 fully saturated rings. The molecule has 1 aliphatic rings. The molecule has 1 aromatic rings. The van der Waals surface area contributed by atoms with Crippen LogP contribution in [0.1, 0.15) is 36.4 Å². The third kappa shape index (κ3) is 2.15. The summed E-state index contributed by atoms with van der Waals surface area (Å²) < 4.78 is 1.06. The van der Waals surface area contributed by atoms with Crippen molar-refractivity contribution in [2.24, 2.45) is 11.7 Å². The third-order valence-corrected chi connectivity index (χ3v) is 3.68. The van der Waals surface area contributed by atoms with Crippen LogP contribution in [0.15, 0.2) is 16.9 Å². The van der Waals surface area contributed by atoms with Crippen LogP contribution in [0.25, 0.3) is 0 Å². The summed E-state index contributed by atoms with van der Waals surface area (Å²) in [6.45, 7) is 2.09. The molecular weight excluding hydrogens is 240 g/mol. The number of halogens is 1. The van der Waals surface area contributed by atoms with Gasteiger partial charge in [0, 0.05) is 22.9 Å². The SMILES string of the molecule is Cc1c(Br)cncc1C(N)CC1CC1. The summed E-state index contributed by atoms with van der Waals surface area (Å²) in [4.78, 5) is 4.17. The highest BCUT2D eigenvalue weighted by Crippen LogP contribution is 2.37. The Bertz CT molecular complexity index is 334. The van der Waals surface area contributed by atoms with E-state index >= 15 is 0 Å². The molecule has 0 spiro atoms. The van der Waals surface area contributed by atoms with Crippen molar-refractivity contribution in [2.75, 3.05) is 0 Å². The van der Waals surface area contributed by atoms with Crippen LogP contribution < -0.4 is 5.73 Å². The van der Waals surface area contributed by atoms with Gasteiger partial charge in [-0.15, -0.1) is 0 Å². The minimum Gasteiger partial charge on any atom is -0.324 e. The lowest BCUT2D eigenvalue weighted by atomic mass is 10.00. The molecule has 1 unspecified atom stereocenters. The van der Waals surface area contributed by atoms with Crippen LogP contribution in [0.4, 0.5) is 0 Å². The third-order valence-electron chi connectivity index (χ3n) is 2.88. The Morgan fingerprint density at radius 3 is 2.93 bits per heavy atom. The first-order valence-corrected chi connectivity index (χ1v) is 5.83. The van der Waals surface area contributed by atoms with Crippen LogP contribution in [-0.4, -0.2) is 4.98 Å². The average molecular weight is 255 g/mol. The van der Waals surface area contributed by atoms with Crippen molar-refractivity contribution in [3.63, 3.8) is 0 Å². The standard InChI is InChI=1S/C11H15BrN2/c1-7-9(5-14-6-10(7)12)11(13)4-8-2-3-8/h5-6,8,11H,2-4,13H2,1H3. The highest BCUT2D eigenvalue weighted by Gasteiger charge is 2.25. The minimum absolute atomic E-state index is 0.160. The Kier molecular flexibility index (Phi) is 2.88. The molecule has 0 radical (unpaired) electrons. The second-order valence-electron chi connectivity index (χ2n) is 4.12. The minimum atomic E-state index is 0.160. The molecule has 0 aromatic carbocycles. The second-order valence-corrected chi connectivity index (χ2v) is 4.98. The predicted molar refractivity (Wildman–Crippen MR) is 60.9 cm³/mol. The van der Waals surface area contributed by atoms with Gasteiger partial charge in [0.15, 0.2) is 0 Å². The van der Waals surface area contributed by atoms with Gasteiger partial charge >= 0.3 is 0 Å². The summed E-state index contributed by atoms with van der Waals surface area (Å²) in [7, 11) is 0. The zero-order valence-electron chi connectivity index (χ0n) is 8.33. The molecule has 0 amide bonds. The van der Waals surface area contributed by atoms with Crippen molar-refractivity contribution in [3.05, 3.63) is 28.0 Å². The fourth-order valence-corrected chi connectivity index (χ4v) is 2.08. The van der Waals surface area contributed by atoms with Crippen LogP contribution >= 0.6 is 15.9 Å². The van der Waals surface area contributed by atoms with E-state index in [2.05, 4.69) is 27.8 Å². The van der Waals surface area contributed by atoms with E-state index in [0.717, 1.165) is 16.8 Å². The van der Waals surface area contributed by atoms with E-state index in [1.54, 1.807) is 0 Å². The number of hydrogen-bond acceptors (Lipinski definition) is 2. The van der Waals surface area contributed by atoms with E-state index in [4.69, 9.17) is 5.73 Å². The molecule has 1 aromatic heterocycles. The molecule has 1 saturated carbocycles. The number of hydrogen-bond donors (Lipinski definition) is 1. The van der Waals surface area contributed by atoms with Crippen molar-refractivity contribution in [1.29, 1.82) is 0 Å². The largest absolute Gasteiger partial charge is 0.324 e. The van der Waals surface area contributed by atoms with Gasteiger partial charge in [0.25, 0.3) is 0 Å². The molecule has 3 heteroatoms. The predicted octanol–water partition coefficient (Wildman–Crippen LogP) is 2.95. The maximum Gasteiger partial charge on any atom is 0.0413 e. The van der Waals surface area contributed by atoms with Crippen LogP contribution in [0, 0.1) is 12.8 Å². The normalized spacial score (nSPS) is 18.2. The summed E-state index contributed by atoms with van der Waals surface area (Å²) >= 11 is 3.48. The highest BCUT2D eigenvalue weighted by atomic mass is 79.9. The van der Waals surface area contributed by atoms with Gasteiger partial charge in [-0.1, -0.05) is 12.8 Å². The Morgan fingerprint density at radius 1 is 1.57 bits per heavy atom. The van der Waals surface area contributed by atoms with Gasteiger partial charge in [-0.25, -0.2) is 0 Å². The summed E-state index contributed by atoms with van der Waals surface area (Å²) in [5.74, 6) is 0.864. The maximum atomic E-state index is 6.14. The number of pyridine rings is 1. The Balaban J connectivity index is 2.16. The van der Waals surface area contributed by atoms with Gasteiger partial charge in [-0.3, -0.25) is 4.98 Å². The van der Waals surface area contributed by atoms with Gasteiger partial charge in [-0.2, -0.15) is 0 Å². The van der Waals surface area contributed by atoms with Crippen molar-refractivity contribution >= 4 is 15.9 Å². The molecule has 14 heavy (non-hydrogen) atoms. The molecule has 1 heterocycles. The summed E-state index contributed by atoms with van der Waals surface area (Å²) in [5.41, 5.74) is 8.56. The molecule has 76 valence electrons. The number of rotatable bonds is 3. The van der Waals surface area contributed by atoms with E-state index in [0.29, 0.717) is 0 Å². The zero-order valence-corrected chi connectivity index (χ0v) is 9.92. The lowest BCUT2D eigenvalue weighted by molar-refractivity contribution is 0.592. The van der Waals surface area contributed by atoms with Gasteiger partial charge < -0.3 is 5.73 Å². The zero-order chi connectivity index (χ0) is 10.1.